The molecule has 0 bridgehead atoms. The quantitative estimate of drug-likeness (QED) is 0.775. The van der Waals surface area contributed by atoms with Crippen LogP contribution in [0.25, 0.3) is 0 Å². The van der Waals surface area contributed by atoms with Crippen LogP contribution in [0.3, 0.4) is 0 Å². The summed E-state index contributed by atoms with van der Waals surface area (Å²) in [6.45, 7) is 0. The molecule has 0 radical (unpaired) electrons. The van der Waals surface area contributed by atoms with Crippen molar-refractivity contribution in [3.8, 4) is 0 Å². The van der Waals surface area contributed by atoms with Crippen molar-refractivity contribution in [2.24, 2.45) is 17.5 Å². The second-order valence-corrected chi connectivity index (χ2v) is 4.96. The molecule has 1 heterocycles. The van der Waals surface area contributed by atoms with Crippen molar-refractivity contribution < 1.29 is 0 Å². The zero-order valence-electron chi connectivity index (χ0n) is 10.4. The first-order valence-corrected chi connectivity index (χ1v) is 7.41. The Hall–Kier alpha value is -2.05. The lowest BCUT2D eigenvalue weighted by atomic mass is 10.2. The molecule has 0 saturated heterocycles. The fraction of sp³-hybridized carbons (Fsp3) is 0. The van der Waals surface area contributed by atoms with E-state index in [1.165, 1.54) is 0 Å². The zero-order valence-corrected chi connectivity index (χ0v) is 12.0. The first kappa shape index (κ1) is 13.0. The Morgan fingerprint density at radius 3 is 1.50 bits per heavy atom. The molecule has 3 rings (SSSR count). The van der Waals surface area contributed by atoms with Crippen LogP contribution in [0.5, 0.6) is 0 Å². The lowest BCUT2D eigenvalue weighted by Gasteiger charge is -2.01. The molecule has 0 aliphatic carbocycles. The first-order chi connectivity index (χ1) is 9.93. The number of hydrogen-bond acceptors (Lipinski definition) is 5. The van der Waals surface area contributed by atoms with Gasteiger partial charge in [0.2, 0.25) is 0 Å². The topological polar surface area (TPSA) is 49.4 Å². The van der Waals surface area contributed by atoms with Gasteiger partial charge in [0.25, 0.3) is 0 Å². The summed E-state index contributed by atoms with van der Waals surface area (Å²) in [6.07, 6.45) is 0. The molecule has 98 valence electrons. The summed E-state index contributed by atoms with van der Waals surface area (Å²) in [6, 6.07) is 19.6. The summed E-state index contributed by atoms with van der Waals surface area (Å²) >= 11 is 2.22. The minimum absolute atomic E-state index is 0.639. The van der Waals surface area contributed by atoms with Crippen LogP contribution < -0.4 is 0 Å². The van der Waals surface area contributed by atoms with E-state index in [9.17, 15) is 0 Å². The Kier molecular flexibility index (Phi) is 4.15. The third-order valence-electron chi connectivity index (χ3n) is 2.57. The maximum Gasteiger partial charge on any atom is 0.183 e. The van der Waals surface area contributed by atoms with Gasteiger partial charge in [0.15, 0.2) is 11.7 Å². The Morgan fingerprint density at radius 1 is 0.600 bits per heavy atom. The van der Waals surface area contributed by atoms with Crippen molar-refractivity contribution in [2.75, 3.05) is 0 Å². The molecule has 0 saturated carbocycles. The summed E-state index contributed by atoms with van der Waals surface area (Å²) in [5, 5.41) is 0. The molecular weight excluding hydrogens is 288 g/mol. The lowest BCUT2D eigenvalue weighted by molar-refractivity contribution is 1.54. The van der Waals surface area contributed by atoms with E-state index in [1.54, 1.807) is 0 Å². The van der Waals surface area contributed by atoms with E-state index >= 15 is 0 Å². The maximum atomic E-state index is 4.33. The van der Waals surface area contributed by atoms with E-state index in [0.717, 1.165) is 34.6 Å². The average molecular weight is 298 g/mol. The molecule has 0 fully saturated rings. The Morgan fingerprint density at radius 2 is 1.05 bits per heavy atom. The summed E-state index contributed by atoms with van der Waals surface area (Å²) < 4.78 is 17.3. The van der Waals surface area contributed by atoms with Crippen molar-refractivity contribution in [3.05, 3.63) is 71.8 Å². The summed E-state index contributed by atoms with van der Waals surface area (Å²) in [5.41, 5.74) is 1.92. The lowest BCUT2D eigenvalue weighted by Crippen LogP contribution is -1.98. The van der Waals surface area contributed by atoms with Crippen molar-refractivity contribution in [2.45, 2.75) is 0 Å². The van der Waals surface area contributed by atoms with Gasteiger partial charge in [0.1, 0.15) is 12.1 Å². The number of benzene rings is 2. The Bertz CT molecular complexity index is 658. The van der Waals surface area contributed by atoms with Crippen LogP contribution in [0, 0.1) is 0 Å². The fourth-order valence-corrected chi connectivity index (χ4v) is 2.69. The van der Waals surface area contributed by atoms with E-state index < -0.39 is 0 Å². The van der Waals surface area contributed by atoms with Gasteiger partial charge in [-0.25, -0.2) is 0 Å². The number of nitrogens with zero attached hydrogens (tertiary/aromatic N) is 4. The molecule has 1 aliphatic heterocycles. The van der Waals surface area contributed by atoms with Crippen LogP contribution in [0.4, 0.5) is 0 Å². The average Bonchev–Trinajstić information content (AvgIpc) is 2.49. The van der Waals surface area contributed by atoms with Crippen LogP contribution in [-0.4, -0.2) is 11.7 Å². The first-order valence-electron chi connectivity index (χ1n) is 5.95. The fourth-order valence-electron chi connectivity index (χ4n) is 1.61. The van der Waals surface area contributed by atoms with Gasteiger partial charge in [-0.3, -0.25) is 0 Å². The van der Waals surface area contributed by atoms with Gasteiger partial charge < -0.3 is 0 Å². The summed E-state index contributed by atoms with van der Waals surface area (Å²) in [7, 11) is 0. The Balaban J connectivity index is 1.89. The molecule has 4 nitrogen and oxygen atoms in total. The second kappa shape index (κ2) is 6.40. The van der Waals surface area contributed by atoms with E-state index in [4.69, 9.17) is 0 Å². The van der Waals surface area contributed by atoms with Crippen LogP contribution in [-0.2, 0) is 11.4 Å². The van der Waals surface area contributed by atoms with Crippen molar-refractivity contribution >= 4 is 35.2 Å². The predicted octanol–water partition coefficient (Wildman–Crippen LogP) is 3.91. The molecular formula is C14H10N4S2. The molecule has 2 aromatic carbocycles. The highest BCUT2D eigenvalue weighted by Crippen LogP contribution is 2.15. The number of rotatable bonds is 2. The van der Waals surface area contributed by atoms with Gasteiger partial charge in [0, 0.05) is 11.1 Å². The summed E-state index contributed by atoms with van der Waals surface area (Å²) in [4.78, 5) is 0. The van der Waals surface area contributed by atoms with Gasteiger partial charge >= 0.3 is 0 Å². The minimum atomic E-state index is 0.639. The monoisotopic (exact) mass is 298 g/mol. The molecule has 0 unspecified atom stereocenters. The molecule has 6 heteroatoms. The smallest absolute Gasteiger partial charge is 0.171 e. The van der Waals surface area contributed by atoms with Gasteiger partial charge in [-0.2, -0.15) is 17.5 Å². The van der Waals surface area contributed by atoms with Gasteiger partial charge in [-0.15, -0.1) is 0 Å². The Labute approximate surface area is 124 Å². The third kappa shape index (κ3) is 3.09. The highest BCUT2D eigenvalue weighted by molar-refractivity contribution is 7.97. The molecule has 20 heavy (non-hydrogen) atoms. The van der Waals surface area contributed by atoms with Crippen molar-refractivity contribution in [1.29, 1.82) is 0 Å². The summed E-state index contributed by atoms with van der Waals surface area (Å²) in [5.74, 6) is 1.28. The third-order valence-corrected chi connectivity index (χ3v) is 3.59. The normalized spacial score (nSPS) is 17.2. The standard InChI is InChI=1S/C14H10N4S2/c1-3-7-11(8-4-1)13-15-19-17-14(18-20-16-13)12-9-5-2-6-10-12/h1-10H/b15-13-,17-14?. The number of hydrogen-bond donors (Lipinski definition) is 0. The molecule has 1 aliphatic rings. The van der Waals surface area contributed by atoms with Crippen LogP contribution in [0.15, 0.2) is 78.2 Å². The van der Waals surface area contributed by atoms with E-state index in [0.29, 0.717) is 11.7 Å². The van der Waals surface area contributed by atoms with Crippen molar-refractivity contribution in [1.82, 2.24) is 0 Å². The van der Waals surface area contributed by atoms with Gasteiger partial charge in [-0.05, 0) is 0 Å². The van der Waals surface area contributed by atoms with Gasteiger partial charge in [-0.1, -0.05) is 60.7 Å². The largest absolute Gasteiger partial charge is 0.183 e. The van der Waals surface area contributed by atoms with Crippen LogP contribution >= 0.6 is 12.1 Å². The van der Waals surface area contributed by atoms with E-state index in [1.807, 2.05) is 60.7 Å². The molecule has 2 aromatic rings. The van der Waals surface area contributed by atoms with E-state index in [2.05, 4.69) is 17.5 Å². The highest BCUT2D eigenvalue weighted by Gasteiger charge is 2.05. The van der Waals surface area contributed by atoms with Crippen LogP contribution in [0.1, 0.15) is 11.1 Å². The van der Waals surface area contributed by atoms with Gasteiger partial charge in [0.05, 0.1) is 11.4 Å². The van der Waals surface area contributed by atoms with E-state index in [-0.39, 0.29) is 0 Å². The van der Waals surface area contributed by atoms with Crippen molar-refractivity contribution in [3.63, 3.8) is 0 Å². The minimum Gasteiger partial charge on any atom is -0.171 e. The molecule has 0 spiro atoms. The second-order valence-electron chi connectivity index (χ2n) is 3.91. The molecule has 0 aromatic heterocycles. The SMILES string of the molecule is c1ccc(C2=NS/N=C(/c3ccccc3)N=S=N2)cc1. The number of amidine groups is 2. The predicted molar refractivity (Wildman–Crippen MR) is 85.8 cm³/mol. The highest BCUT2D eigenvalue weighted by atomic mass is 32.2. The maximum absolute atomic E-state index is 4.33. The molecule has 0 atom stereocenters. The zero-order chi connectivity index (χ0) is 13.6. The van der Waals surface area contributed by atoms with Crippen LogP contribution in [0.2, 0.25) is 0 Å². The molecule has 0 N–H and O–H groups in total. The molecule has 0 amide bonds.